The summed E-state index contributed by atoms with van der Waals surface area (Å²) in [6.45, 7) is 3.87. The molecule has 2 rings (SSSR count). The standard InChI is InChI=1S/C13H18FNS/c1-8-5-9(2)12(11(14)6-8)13(15)10-3-4-16-7-10/h5-6,10,13H,3-4,7,15H2,1-2H3. The second-order valence-electron chi connectivity index (χ2n) is 4.63. The Bertz CT molecular complexity index is 363. The number of halogens is 1. The highest BCUT2D eigenvalue weighted by Crippen LogP contribution is 2.35. The van der Waals surface area contributed by atoms with Crippen LogP contribution in [0.4, 0.5) is 4.39 Å². The van der Waals surface area contributed by atoms with E-state index in [0.29, 0.717) is 5.92 Å². The van der Waals surface area contributed by atoms with Crippen LogP contribution in [-0.2, 0) is 0 Å². The van der Waals surface area contributed by atoms with E-state index in [9.17, 15) is 4.39 Å². The molecule has 0 spiro atoms. The first-order chi connectivity index (χ1) is 7.59. The summed E-state index contributed by atoms with van der Waals surface area (Å²) in [5, 5.41) is 0. The van der Waals surface area contributed by atoms with Gasteiger partial charge >= 0.3 is 0 Å². The van der Waals surface area contributed by atoms with Crippen molar-refractivity contribution >= 4 is 11.8 Å². The van der Waals surface area contributed by atoms with Gasteiger partial charge in [0, 0.05) is 11.6 Å². The van der Waals surface area contributed by atoms with E-state index in [2.05, 4.69) is 0 Å². The highest BCUT2D eigenvalue weighted by Gasteiger charge is 2.26. The predicted molar refractivity (Wildman–Crippen MR) is 68.2 cm³/mol. The molecule has 1 nitrogen and oxygen atoms in total. The van der Waals surface area contributed by atoms with Gasteiger partial charge in [0.1, 0.15) is 5.82 Å². The van der Waals surface area contributed by atoms with Crippen molar-refractivity contribution in [2.45, 2.75) is 26.3 Å². The number of thioether (sulfide) groups is 1. The third kappa shape index (κ3) is 2.25. The molecule has 1 aliphatic rings. The van der Waals surface area contributed by atoms with E-state index >= 15 is 0 Å². The van der Waals surface area contributed by atoms with E-state index in [0.717, 1.165) is 34.6 Å². The van der Waals surface area contributed by atoms with Crippen LogP contribution in [0.3, 0.4) is 0 Å². The van der Waals surface area contributed by atoms with Crippen molar-refractivity contribution in [3.8, 4) is 0 Å². The predicted octanol–water partition coefficient (Wildman–Crippen LogP) is 3.20. The minimum Gasteiger partial charge on any atom is -0.324 e. The van der Waals surface area contributed by atoms with Gasteiger partial charge in [0.15, 0.2) is 0 Å². The van der Waals surface area contributed by atoms with Gasteiger partial charge in [-0.1, -0.05) is 6.07 Å². The van der Waals surface area contributed by atoms with E-state index < -0.39 is 0 Å². The smallest absolute Gasteiger partial charge is 0.128 e. The molecule has 1 fully saturated rings. The first-order valence-electron chi connectivity index (χ1n) is 5.69. The van der Waals surface area contributed by atoms with Gasteiger partial charge in [-0.3, -0.25) is 0 Å². The molecule has 0 saturated carbocycles. The molecule has 2 atom stereocenters. The lowest BCUT2D eigenvalue weighted by molar-refractivity contribution is 0.458. The Labute approximate surface area is 101 Å². The number of hydrogen-bond donors (Lipinski definition) is 1. The van der Waals surface area contributed by atoms with Crippen LogP contribution in [0.1, 0.15) is 29.2 Å². The molecule has 0 aromatic heterocycles. The monoisotopic (exact) mass is 239 g/mol. The van der Waals surface area contributed by atoms with Crippen molar-refractivity contribution in [2.75, 3.05) is 11.5 Å². The summed E-state index contributed by atoms with van der Waals surface area (Å²) in [6.07, 6.45) is 1.11. The Morgan fingerprint density at radius 2 is 2.19 bits per heavy atom. The summed E-state index contributed by atoms with van der Waals surface area (Å²) in [6, 6.07) is 3.46. The highest BCUT2D eigenvalue weighted by molar-refractivity contribution is 7.99. The molecule has 3 heteroatoms. The van der Waals surface area contributed by atoms with Gasteiger partial charge in [-0.2, -0.15) is 11.8 Å². The average molecular weight is 239 g/mol. The molecule has 0 amide bonds. The molecule has 2 unspecified atom stereocenters. The van der Waals surface area contributed by atoms with Crippen LogP contribution in [0.15, 0.2) is 12.1 Å². The number of hydrogen-bond acceptors (Lipinski definition) is 2. The number of rotatable bonds is 2. The Morgan fingerprint density at radius 1 is 1.44 bits per heavy atom. The summed E-state index contributed by atoms with van der Waals surface area (Å²) >= 11 is 1.92. The molecular weight excluding hydrogens is 221 g/mol. The van der Waals surface area contributed by atoms with Gasteiger partial charge in [0.25, 0.3) is 0 Å². The number of nitrogens with two attached hydrogens (primary N) is 1. The minimum atomic E-state index is -0.143. The third-order valence-electron chi connectivity index (χ3n) is 3.29. The molecule has 1 heterocycles. The molecule has 16 heavy (non-hydrogen) atoms. The molecular formula is C13H18FNS. The fourth-order valence-corrected chi connectivity index (χ4v) is 3.73. The maximum absolute atomic E-state index is 13.9. The Hall–Kier alpha value is -0.540. The fraction of sp³-hybridized carbons (Fsp3) is 0.538. The molecule has 0 radical (unpaired) electrons. The quantitative estimate of drug-likeness (QED) is 0.857. The van der Waals surface area contributed by atoms with Gasteiger partial charge in [-0.25, -0.2) is 4.39 Å². The molecule has 88 valence electrons. The Balaban J connectivity index is 2.31. The minimum absolute atomic E-state index is 0.137. The summed E-state index contributed by atoms with van der Waals surface area (Å²) in [7, 11) is 0. The summed E-state index contributed by atoms with van der Waals surface area (Å²) in [4.78, 5) is 0. The number of benzene rings is 1. The second-order valence-corrected chi connectivity index (χ2v) is 5.78. The second kappa shape index (κ2) is 4.76. The first kappa shape index (κ1) is 11.9. The maximum Gasteiger partial charge on any atom is 0.128 e. The largest absolute Gasteiger partial charge is 0.324 e. The van der Waals surface area contributed by atoms with Crippen molar-refractivity contribution in [1.29, 1.82) is 0 Å². The zero-order valence-corrected chi connectivity index (χ0v) is 10.6. The van der Waals surface area contributed by atoms with E-state index in [-0.39, 0.29) is 11.9 Å². The van der Waals surface area contributed by atoms with Gasteiger partial charge in [0.05, 0.1) is 0 Å². The van der Waals surface area contributed by atoms with Crippen LogP contribution in [0.5, 0.6) is 0 Å². The molecule has 2 N–H and O–H groups in total. The molecule has 1 aliphatic heterocycles. The number of aryl methyl sites for hydroxylation is 2. The Morgan fingerprint density at radius 3 is 2.75 bits per heavy atom. The van der Waals surface area contributed by atoms with Crippen LogP contribution >= 0.6 is 11.8 Å². The lowest BCUT2D eigenvalue weighted by atomic mass is 9.89. The van der Waals surface area contributed by atoms with Crippen molar-refractivity contribution in [2.24, 2.45) is 11.7 Å². The normalized spacial score (nSPS) is 22.4. The SMILES string of the molecule is Cc1cc(C)c(C(N)C2CCSC2)c(F)c1. The van der Waals surface area contributed by atoms with Crippen molar-refractivity contribution in [1.82, 2.24) is 0 Å². The summed E-state index contributed by atoms with van der Waals surface area (Å²) in [5.41, 5.74) is 8.87. The highest BCUT2D eigenvalue weighted by atomic mass is 32.2. The van der Waals surface area contributed by atoms with Crippen LogP contribution in [0, 0.1) is 25.6 Å². The van der Waals surface area contributed by atoms with Crippen molar-refractivity contribution < 1.29 is 4.39 Å². The zero-order valence-electron chi connectivity index (χ0n) is 9.79. The zero-order chi connectivity index (χ0) is 11.7. The Kier molecular flexibility index (Phi) is 3.55. The molecule has 1 saturated heterocycles. The maximum atomic E-state index is 13.9. The van der Waals surface area contributed by atoms with Gasteiger partial charge in [-0.15, -0.1) is 0 Å². The lowest BCUT2D eigenvalue weighted by Crippen LogP contribution is -2.23. The van der Waals surface area contributed by atoms with Crippen LogP contribution in [0.2, 0.25) is 0 Å². The average Bonchev–Trinajstić information content (AvgIpc) is 2.67. The van der Waals surface area contributed by atoms with Crippen molar-refractivity contribution in [3.05, 3.63) is 34.6 Å². The van der Waals surface area contributed by atoms with E-state index in [1.807, 2.05) is 31.7 Å². The topological polar surface area (TPSA) is 26.0 Å². The first-order valence-corrected chi connectivity index (χ1v) is 6.85. The van der Waals surface area contributed by atoms with Gasteiger partial charge < -0.3 is 5.73 Å². The molecule has 1 aromatic carbocycles. The third-order valence-corrected chi connectivity index (χ3v) is 4.48. The molecule has 1 aromatic rings. The van der Waals surface area contributed by atoms with Gasteiger partial charge in [-0.05, 0) is 54.9 Å². The summed E-state index contributed by atoms with van der Waals surface area (Å²) < 4.78 is 13.9. The fourth-order valence-electron chi connectivity index (χ4n) is 2.42. The molecule has 0 bridgehead atoms. The van der Waals surface area contributed by atoms with E-state index in [1.165, 1.54) is 0 Å². The van der Waals surface area contributed by atoms with Crippen LogP contribution in [-0.4, -0.2) is 11.5 Å². The summed E-state index contributed by atoms with van der Waals surface area (Å²) in [5.74, 6) is 2.52. The van der Waals surface area contributed by atoms with Crippen LogP contribution < -0.4 is 5.73 Å². The van der Waals surface area contributed by atoms with E-state index in [1.54, 1.807) is 6.07 Å². The lowest BCUT2D eigenvalue weighted by Gasteiger charge is -2.21. The van der Waals surface area contributed by atoms with Crippen molar-refractivity contribution in [3.63, 3.8) is 0 Å². The molecule has 0 aliphatic carbocycles. The van der Waals surface area contributed by atoms with Gasteiger partial charge in [0.2, 0.25) is 0 Å². The van der Waals surface area contributed by atoms with Crippen LogP contribution in [0.25, 0.3) is 0 Å². The van der Waals surface area contributed by atoms with E-state index in [4.69, 9.17) is 5.73 Å².